The number of amides is 1. The first kappa shape index (κ1) is 17.3. The summed E-state index contributed by atoms with van der Waals surface area (Å²) in [5.41, 5.74) is 3.14. The molecule has 0 saturated carbocycles. The Kier molecular flexibility index (Phi) is 3.98. The Morgan fingerprint density at radius 3 is 2.69 bits per heavy atom. The first-order chi connectivity index (χ1) is 14.1. The van der Waals surface area contributed by atoms with E-state index in [0.29, 0.717) is 29.0 Å². The van der Waals surface area contributed by atoms with Crippen molar-refractivity contribution in [3.8, 4) is 5.75 Å². The topological polar surface area (TPSA) is 77.8 Å². The highest BCUT2D eigenvalue weighted by molar-refractivity contribution is 6.08. The summed E-state index contributed by atoms with van der Waals surface area (Å²) in [5, 5.41) is 4.68. The molecular formula is C23H17NO5. The second-order valence-electron chi connectivity index (χ2n) is 6.89. The Bertz CT molecular complexity index is 1270. The van der Waals surface area contributed by atoms with E-state index in [1.165, 1.54) is 7.11 Å². The van der Waals surface area contributed by atoms with E-state index in [2.05, 4.69) is 5.32 Å². The van der Waals surface area contributed by atoms with Crippen LogP contribution in [0, 0.1) is 0 Å². The number of hydrogen-bond acceptors (Lipinski definition) is 5. The molecule has 1 N–H and O–H groups in total. The molecule has 0 spiro atoms. The van der Waals surface area contributed by atoms with Crippen molar-refractivity contribution in [1.29, 1.82) is 0 Å². The monoisotopic (exact) mass is 387 g/mol. The van der Waals surface area contributed by atoms with Gasteiger partial charge in [0.05, 0.1) is 18.4 Å². The Morgan fingerprint density at radius 1 is 1.03 bits per heavy atom. The Morgan fingerprint density at radius 2 is 1.83 bits per heavy atom. The first-order valence-corrected chi connectivity index (χ1v) is 9.23. The maximum Gasteiger partial charge on any atom is 0.339 e. The summed E-state index contributed by atoms with van der Waals surface area (Å²) in [6.07, 6.45) is -0.586. The van der Waals surface area contributed by atoms with Crippen LogP contribution in [0.2, 0.25) is 0 Å². The SMILES string of the molecule is COc1cc2c(cc1NC(=O)C1Cc3ccccc3C(=O)O1)oc1ccccc12. The molecule has 29 heavy (non-hydrogen) atoms. The largest absolute Gasteiger partial charge is 0.495 e. The van der Waals surface area contributed by atoms with Gasteiger partial charge in [0.1, 0.15) is 16.9 Å². The summed E-state index contributed by atoms with van der Waals surface area (Å²) in [7, 11) is 1.54. The summed E-state index contributed by atoms with van der Waals surface area (Å²) in [6.45, 7) is 0. The second kappa shape index (κ2) is 6.67. The van der Waals surface area contributed by atoms with Gasteiger partial charge in [-0.2, -0.15) is 0 Å². The lowest BCUT2D eigenvalue weighted by molar-refractivity contribution is -0.125. The number of benzene rings is 3. The Hall–Kier alpha value is -3.80. The van der Waals surface area contributed by atoms with E-state index in [4.69, 9.17) is 13.9 Å². The number of cyclic esters (lactones) is 1. The molecule has 144 valence electrons. The van der Waals surface area contributed by atoms with Gasteiger partial charge >= 0.3 is 5.97 Å². The summed E-state index contributed by atoms with van der Waals surface area (Å²) in [5.74, 6) is -0.409. The lowest BCUT2D eigenvalue weighted by atomic mass is 9.98. The Balaban J connectivity index is 1.47. The minimum Gasteiger partial charge on any atom is -0.495 e. The average molecular weight is 387 g/mol. The standard InChI is InChI=1S/C23H17NO5/c1-27-20-11-16-15-8-4-5-9-18(15)28-19(16)12-17(20)24-22(25)21-10-13-6-2-3-7-14(13)23(26)29-21/h2-9,11-12,21H,10H2,1H3,(H,24,25). The molecule has 6 heteroatoms. The van der Waals surface area contributed by atoms with Crippen LogP contribution in [0.4, 0.5) is 5.69 Å². The van der Waals surface area contributed by atoms with Crippen molar-refractivity contribution in [2.75, 3.05) is 12.4 Å². The van der Waals surface area contributed by atoms with E-state index < -0.39 is 18.0 Å². The van der Waals surface area contributed by atoms with Crippen LogP contribution in [0.3, 0.4) is 0 Å². The van der Waals surface area contributed by atoms with Crippen LogP contribution >= 0.6 is 0 Å². The van der Waals surface area contributed by atoms with E-state index in [9.17, 15) is 9.59 Å². The summed E-state index contributed by atoms with van der Waals surface area (Å²) in [6, 6.07) is 18.4. The van der Waals surface area contributed by atoms with Crippen LogP contribution in [0.15, 0.2) is 65.1 Å². The van der Waals surface area contributed by atoms with Crippen LogP contribution in [-0.2, 0) is 16.0 Å². The zero-order valence-corrected chi connectivity index (χ0v) is 15.6. The maximum absolute atomic E-state index is 12.8. The molecule has 1 atom stereocenters. The van der Waals surface area contributed by atoms with E-state index in [1.807, 2.05) is 42.5 Å². The van der Waals surface area contributed by atoms with Crippen molar-refractivity contribution >= 4 is 39.5 Å². The highest BCUT2D eigenvalue weighted by Gasteiger charge is 2.31. The molecule has 1 amide bonds. The number of fused-ring (bicyclic) bond motifs is 4. The lowest BCUT2D eigenvalue weighted by Crippen LogP contribution is -2.38. The highest BCUT2D eigenvalue weighted by atomic mass is 16.5. The first-order valence-electron chi connectivity index (χ1n) is 9.23. The number of nitrogens with one attached hydrogen (secondary N) is 1. The Labute approximate surface area is 166 Å². The molecule has 0 radical (unpaired) electrons. The van der Waals surface area contributed by atoms with Gasteiger partial charge in [0.25, 0.3) is 5.91 Å². The van der Waals surface area contributed by atoms with Gasteiger partial charge in [-0.3, -0.25) is 4.79 Å². The smallest absolute Gasteiger partial charge is 0.339 e. The molecule has 1 aliphatic heterocycles. The predicted molar refractivity (Wildman–Crippen MR) is 108 cm³/mol. The van der Waals surface area contributed by atoms with Crippen LogP contribution in [0.5, 0.6) is 5.75 Å². The summed E-state index contributed by atoms with van der Waals surface area (Å²) < 4.78 is 16.7. The van der Waals surface area contributed by atoms with Crippen molar-refractivity contribution in [3.05, 3.63) is 71.8 Å². The molecule has 5 rings (SSSR count). The number of para-hydroxylation sites is 1. The molecule has 0 saturated heterocycles. The van der Waals surface area contributed by atoms with Gasteiger partial charge in [-0.15, -0.1) is 0 Å². The van der Waals surface area contributed by atoms with Crippen molar-refractivity contribution in [2.24, 2.45) is 0 Å². The third-order valence-corrected chi connectivity index (χ3v) is 5.14. The number of rotatable bonds is 3. The molecule has 1 aromatic heterocycles. The number of esters is 1. The normalized spacial score (nSPS) is 15.8. The zero-order chi connectivity index (χ0) is 20.0. The van der Waals surface area contributed by atoms with Gasteiger partial charge in [-0.25, -0.2) is 4.79 Å². The fourth-order valence-electron chi connectivity index (χ4n) is 3.71. The lowest BCUT2D eigenvalue weighted by Gasteiger charge is -2.24. The predicted octanol–water partition coefficient (Wildman–Crippen LogP) is 4.31. The number of anilines is 1. The molecule has 0 bridgehead atoms. The number of hydrogen-bond donors (Lipinski definition) is 1. The third-order valence-electron chi connectivity index (χ3n) is 5.14. The van der Waals surface area contributed by atoms with Gasteiger partial charge in [0.15, 0.2) is 6.10 Å². The van der Waals surface area contributed by atoms with Gasteiger partial charge in [0, 0.05) is 23.3 Å². The third kappa shape index (κ3) is 2.89. The van der Waals surface area contributed by atoms with E-state index >= 15 is 0 Å². The van der Waals surface area contributed by atoms with E-state index in [-0.39, 0.29) is 0 Å². The minimum atomic E-state index is -0.909. The minimum absolute atomic E-state index is 0.322. The molecular weight excluding hydrogens is 370 g/mol. The van der Waals surface area contributed by atoms with E-state index in [0.717, 1.165) is 21.9 Å². The average Bonchev–Trinajstić information content (AvgIpc) is 3.10. The van der Waals surface area contributed by atoms with Gasteiger partial charge in [0.2, 0.25) is 0 Å². The maximum atomic E-state index is 12.8. The van der Waals surface area contributed by atoms with Crippen molar-refractivity contribution in [1.82, 2.24) is 0 Å². The second-order valence-corrected chi connectivity index (χ2v) is 6.89. The fraction of sp³-hybridized carbons (Fsp3) is 0.130. The molecule has 6 nitrogen and oxygen atoms in total. The fourth-order valence-corrected chi connectivity index (χ4v) is 3.71. The highest BCUT2D eigenvalue weighted by Crippen LogP contribution is 2.36. The zero-order valence-electron chi connectivity index (χ0n) is 15.6. The van der Waals surface area contributed by atoms with Crippen LogP contribution in [0.1, 0.15) is 15.9 Å². The van der Waals surface area contributed by atoms with Crippen molar-refractivity contribution in [3.63, 3.8) is 0 Å². The molecule has 0 aliphatic carbocycles. The van der Waals surface area contributed by atoms with Gasteiger partial charge in [-0.05, 0) is 23.8 Å². The number of carbonyl (C=O) groups excluding carboxylic acids is 2. The van der Waals surface area contributed by atoms with E-state index in [1.54, 1.807) is 18.2 Å². The van der Waals surface area contributed by atoms with Crippen LogP contribution in [-0.4, -0.2) is 25.1 Å². The van der Waals surface area contributed by atoms with Gasteiger partial charge < -0.3 is 19.2 Å². The quantitative estimate of drug-likeness (QED) is 0.530. The summed E-state index contributed by atoms with van der Waals surface area (Å²) >= 11 is 0. The van der Waals surface area contributed by atoms with Gasteiger partial charge in [-0.1, -0.05) is 36.4 Å². The molecule has 2 heterocycles. The number of methoxy groups -OCH3 is 1. The molecule has 1 unspecified atom stereocenters. The van der Waals surface area contributed by atoms with Crippen molar-refractivity contribution in [2.45, 2.75) is 12.5 Å². The molecule has 0 fully saturated rings. The number of carbonyl (C=O) groups is 2. The van der Waals surface area contributed by atoms with Crippen molar-refractivity contribution < 1.29 is 23.5 Å². The number of furan rings is 1. The molecule has 1 aliphatic rings. The van der Waals surface area contributed by atoms with Crippen LogP contribution in [0.25, 0.3) is 21.9 Å². The summed E-state index contributed by atoms with van der Waals surface area (Å²) in [4.78, 5) is 25.0. The molecule has 3 aromatic carbocycles. The number of ether oxygens (including phenoxy) is 2. The van der Waals surface area contributed by atoms with Crippen LogP contribution < -0.4 is 10.1 Å². The molecule has 4 aromatic rings.